The number of ether oxygens (including phenoxy) is 1. The van der Waals surface area contributed by atoms with E-state index in [9.17, 15) is 18.0 Å². The van der Waals surface area contributed by atoms with Crippen molar-refractivity contribution in [2.75, 3.05) is 6.61 Å². The van der Waals surface area contributed by atoms with Gasteiger partial charge in [-0.15, -0.1) is 0 Å². The Morgan fingerprint density at radius 1 is 1.05 bits per heavy atom. The Labute approximate surface area is 113 Å². The Hall–Kier alpha value is -2.24. The lowest BCUT2D eigenvalue weighted by Gasteiger charge is -2.11. The van der Waals surface area contributed by atoms with Crippen LogP contribution in [0.1, 0.15) is 5.56 Å². The molecule has 0 aliphatic heterocycles. The average molecular weight is 283 g/mol. The van der Waals surface area contributed by atoms with E-state index in [0.717, 1.165) is 22.9 Å². The van der Waals surface area contributed by atoms with Gasteiger partial charge in [-0.3, -0.25) is 4.79 Å². The van der Waals surface area contributed by atoms with E-state index in [1.165, 1.54) is 0 Å². The molecule has 2 aromatic rings. The molecule has 0 unspecified atom stereocenters. The number of rotatable bonds is 4. The summed E-state index contributed by atoms with van der Waals surface area (Å²) in [5.74, 6) is 0.604. The molecule has 0 saturated carbocycles. The quantitative estimate of drug-likeness (QED) is 0.864. The van der Waals surface area contributed by atoms with Crippen LogP contribution >= 0.6 is 0 Å². The largest absolute Gasteiger partial charge is 0.492 e. The highest BCUT2D eigenvalue weighted by Gasteiger charge is 2.30. The first-order valence-electron chi connectivity index (χ1n) is 5.92. The van der Waals surface area contributed by atoms with Crippen LogP contribution < -0.4 is 10.3 Å². The van der Waals surface area contributed by atoms with Gasteiger partial charge in [0.05, 0.1) is 12.1 Å². The van der Waals surface area contributed by atoms with Crippen LogP contribution in [-0.4, -0.2) is 11.2 Å². The molecule has 3 nitrogen and oxygen atoms in total. The summed E-state index contributed by atoms with van der Waals surface area (Å²) in [6.07, 6.45) is -3.66. The molecular weight excluding hydrogens is 271 g/mol. The summed E-state index contributed by atoms with van der Waals surface area (Å²) < 4.78 is 44.0. The minimum atomic E-state index is -4.46. The van der Waals surface area contributed by atoms with E-state index in [-0.39, 0.29) is 13.2 Å². The van der Waals surface area contributed by atoms with Crippen LogP contribution in [0, 0.1) is 0 Å². The molecule has 0 bridgehead atoms. The molecule has 6 heteroatoms. The second kappa shape index (κ2) is 5.81. The van der Waals surface area contributed by atoms with Crippen molar-refractivity contribution in [2.24, 2.45) is 0 Å². The van der Waals surface area contributed by atoms with Crippen molar-refractivity contribution in [2.45, 2.75) is 12.7 Å². The first-order chi connectivity index (χ1) is 9.47. The lowest BCUT2D eigenvalue weighted by atomic mass is 10.3. The van der Waals surface area contributed by atoms with Gasteiger partial charge in [0.15, 0.2) is 0 Å². The van der Waals surface area contributed by atoms with Gasteiger partial charge in [0.2, 0.25) is 0 Å². The fraction of sp³-hybridized carbons (Fsp3) is 0.214. The molecule has 1 aromatic carbocycles. The second-order valence-corrected chi connectivity index (χ2v) is 4.11. The van der Waals surface area contributed by atoms with Gasteiger partial charge in [-0.1, -0.05) is 18.2 Å². The van der Waals surface area contributed by atoms with Gasteiger partial charge in [-0.05, 0) is 18.2 Å². The molecule has 0 saturated heterocycles. The lowest BCUT2D eigenvalue weighted by molar-refractivity contribution is -0.138. The SMILES string of the molecule is O=c1ccc(C(F)(F)F)cn1CCOc1ccccc1. The standard InChI is InChI=1S/C14H12F3NO2/c15-14(16,17)11-6-7-13(19)18(10-11)8-9-20-12-4-2-1-3-5-12/h1-7,10H,8-9H2. The van der Waals surface area contributed by atoms with Gasteiger partial charge >= 0.3 is 6.18 Å². The van der Waals surface area contributed by atoms with E-state index in [1.54, 1.807) is 24.3 Å². The second-order valence-electron chi connectivity index (χ2n) is 4.11. The molecule has 0 spiro atoms. The predicted molar refractivity (Wildman–Crippen MR) is 67.6 cm³/mol. The van der Waals surface area contributed by atoms with Crippen molar-refractivity contribution in [3.05, 3.63) is 64.6 Å². The van der Waals surface area contributed by atoms with Crippen molar-refractivity contribution < 1.29 is 17.9 Å². The number of hydrogen-bond acceptors (Lipinski definition) is 2. The molecule has 0 atom stereocenters. The minimum Gasteiger partial charge on any atom is -0.492 e. The van der Waals surface area contributed by atoms with Crippen LogP contribution in [0.15, 0.2) is 53.5 Å². The first kappa shape index (κ1) is 14.2. The number of hydrogen-bond donors (Lipinski definition) is 0. The number of para-hydroxylation sites is 1. The molecule has 2 rings (SSSR count). The van der Waals surface area contributed by atoms with Gasteiger partial charge in [0.25, 0.3) is 5.56 Å². The van der Waals surface area contributed by atoms with Crippen molar-refractivity contribution in [1.29, 1.82) is 0 Å². The maximum atomic E-state index is 12.5. The summed E-state index contributed by atoms with van der Waals surface area (Å²) in [5, 5.41) is 0. The van der Waals surface area contributed by atoms with E-state index in [4.69, 9.17) is 4.74 Å². The molecule has 106 valence electrons. The number of benzene rings is 1. The summed E-state index contributed by atoms with van der Waals surface area (Å²) in [6, 6.07) is 10.5. The Kier molecular flexibility index (Phi) is 4.12. The van der Waals surface area contributed by atoms with E-state index in [0.29, 0.717) is 5.75 Å². The zero-order valence-corrected chi connectivity index (χ0v) is 10.4. The van der Waals surface area contributed by atoms with Crippen LogP contribution in [0.4, 0.5) is 13.2 Å². The molecule has 0 radical (unpaired) electrons. The van der Waals surface area contributed by atoms with Gasteiger partial charge < -0.3 is 9.30 Å². The summed E-state index contributed by atoms with van der Waals surface area (Å²) in [6.45, 7) is 0.170. The maximum absolute atomic E-state index is 12.5. The number of alkyl halides is 3. The monoisotopic (exact) mass is 283 g/mol. The Morgan fingerprint density at radius 2 is 1.75 bits per heavy atom. The fourth-order valence-corrected chi connectivity index (χ4v) is 1.65. The smallest absolute Gasteiger partial charge is 0.417 e. The topological polar surface area (TPSA) is 31.2 Å². The molecule has 0 aliphatic rings. The molecule has 0 fully saturated rings. The Bertz CT molecular complexity index is 620. The summed E-state index contributed by atoms with van der Waals surface area (Å²) in [4.78, 5) is 11.5. The number of halogens is 3. The number of aromatic nitrogens is 1. The van der Waals surface area contributed by atoms with E-state index in [1.807, 2.05) is 6.07 Å². The molecule has 0 N–H and O–H groups in total. The zero-order chi connectivity index (χ0) is 14.6. The van der Waals surface area contributed by atoms with Crippen molar-refractivity contribution in [1.82, 2.24) is 4.57 Å². The third-order valence-electron chi connectivity index (χ3n) is 2.65. The van der Waals surface area contributed by atoms with Gasteiger partial charge in [0, 0.05) is 12.3 Å². The normalized spacial score (nSPS) is 11.3. The lowest BCUT2D eigenvalue weighted by Crippen LogP contribution is -2.24. The Morgan fingerprint density at radius 3 is 2.40 bits per heavy atom. The van der Waals surface area contributed by atoms with Gasteiger partial charge in [-0.25, -0.2) is 0 Å². The third kappa shape index (κ3) is 3.63. The first-order valence-corrected chi connectivity index (χ1v) is 5.92. The molecule has 1 heterocycles. The predicted octanol–water partition coefficient (Wildman–Crippen LogP) is 2.95. The van der Waals surface area contributed by atoms with E-state index >= 15 is 0 Å². The van der Waals surface area contributed by atoms with Crippen LogP contribution in [0.2, 0.25) is 0 Å². The zero-order valence-electron chi connectivity index (χ0n) is 10.4. The third-order valence-corrected chi connectivity index (χ3v) is 2.65. The summed E-state index contributed by atoms with van der Waals surface area (Å²) >= 11 is 0. The summed E-state index contributed by atoms with van der Waals surface area (Å²) in [7, 11) is 0. The van der Waals surface area contributed by atoms with Gasteiger partial charge in [0.1, 0.15) is 12.4 Å². The van der Waals surface area contributed by atoms with Crippen molar-refractivity contribution >= 4 is 0 Å². The van der Waals surface area contributed by atoms with E-state index in [2.05, 4.69) is 0 Å². The number of nitrogens with zero attached hydrogens (tertiary/aromatic N) is 1. The molecule has 0 amide bonds. The van der Waals surface area contributed by atoms with Gasteiger partial charge in [-0.2, -0.15) is 13.2 Å². The van der Waals surface area contributed by atoms with Crippen LogP contribution in [0.25, 0.3) is 0 Å². The molecule has 1 aromatic heterocycles. The van der Waals surface area contributed by atoms with Crippen LogP contribution in [0.5, 0.6) is 5.75 Å². The van der Waals surface area contributed by atoms with E-state index < -0.39 is 17.3 Å². The number of pyridine rings is 1. The molecule has 0 aliphatic carbocycles. The highest BCUT2D eigenvalue weighted by molar-refractivity contribution is 5.20. The average Bonchev–Trinajstić information content (AvgIpc) is 2.41. The van der Waals surface area contributed by atoms with Crippen LogP contribution in [-0.2, 0) is 12.7 Å². The van der Waals surface area contributed by atoms with Crippen molar-refractivity contribution in [3.8, 4) is 5.75 Å². The minimum absolute atomic E-state index is 0.0532. The maximum Gasteiger partial charge on any atom is 0.417 e. The highest BCUT2D eigenvalue weighted by Crippen LogP contribution is 2.27. The molecular formula is C14H12F3NO2. The van der Waals surface area contributed by atoms with Crippen LogP contribution in [0.3, 0.4) is 0 Å². The van der Waals surface area contributed by atoms with Crippen molar-refractivity contribution in [3.63, 3.8) is 0 Å². The fourth-order valence-electron chi connectivity index (χ4n) is 1.65. The highest BCUT2D eigenvalue weighted by atomic mass is 19.4. The molecule has 20 heavy (non-hydrogen) atoms. The Balaban J connectivity index is 2.04. The summed E-state index contributed by atoms with van der Waals surface area (Å²) in [5.41, 5.74) is -1.34.